The average Bonchev–Trinajstić information content (AvgIpc) is 3.11. The standard InChI is InChI=1S/C21H26N6O3/c1-14(2)13-27-16-17(24(3)21(30)23-18(16)28)22-20(27)26-11-9-25(10-12-26)19(29)15-7-5-4-6-8-15/h4-8,14H,9-13H2,1-3H3,(H,23,28,30). The Kier molecular flexibility index (Phi) is 5.19. The number of hydrogen-bond donors (Lipinski definition) is 1. The van der Waals surface area contributed by atoms with Gasteiger partial charge in [0, 0.05) is 45.3 Å². The maximum absolute atomic E-state index is 12.7. The van der Waals surface area contributed by atoms with E-state index in [0.717, 1.165) is 0 Å². The van der Waals surface area contributed by atoms with Gasteiger partial charge in [-0.15, -0.1) is 0 Å². The summed E-state index contributed by atoms with van der Waals surface area (Å²) in [6.45, 7) is 7.08. The van der Waals surface area contributed by atoms with Crippen LogP contribution in [0.25, 0.3) is 11.2 Å². The Morgan fingerprint density at radius 1 is 1.10 bits per heavy atom. The minimum Gasteiger partial charge on any atom is -0.339 e. The summed E-state index contributed by atoms with van der Waals surface area (Å²) in [5.74, 6) is 0.973. The maximum atomic E-state index is 12.7. The molecular weight excluding hydrogens is 384 g/mol. The van der Waals surface area contributed by atoms with Gasteiger partial charge in [-0.2, -0.15) is 4.98 Å². The second-order valence-corrected chi connectivity index (χ2v) is 8.05. The number of rotatable bonds is 4. The Bertz CT molecular complexity index is 1180. The Hall–Kier alpha value is -3.36. The van der Waals surface area contributed by atoms with Crippen LogP contribution in [0.1, 0.15) is 24.2 Å². The van der Waals surface area contributed by atoms with Gasteiger partial charge in [-0.3, -0.25) is 19.1 Å². The number of amides is 1. The first kappa shape index (κ1) is 19.9. The van der Waals surface area contributed by atoms with Crippen LogP contribution >= 0.6 is 0 Å². The first-order valence-corrected chi connectivity index (χ1v) is 10.2. The Balaban J connectivity index is 1.65. The van der Waals surface area contributed by atoms with Crippen LogP contribution in [0.5, 0.6) is 0 Å². The summed E-state index contributed by atoms with van der Waals surface area (Å²) in [7, 11) is 1.60. The van der Waals surface area contributed by atoms with Crippen molar-refractivity contribution in [3.05, 3.63) is 56.7 Å². The lowest BCUT2D eigenvalue weighted by Crippen LogP contribution is -2.49. The van der Waals surface area contributed by atoms with Gasteiger partial charge < -0.3 is 14.4 Å². The maximum Gasteiger partial charge on any atom is 0.329 e. The van der Waals surface area contributed by atoms with E-state index in [-0.39, 0.29) is 5.91 Å². The molecule has 0 bridgehead atoms. The zero-order chi connectivity index (χ0) is 21.4. The van der Waals surface area contributed by atoms with Crippen molar-refractivity contribution < 1.29 is 4.79 Å². The summed E-state index contributed by atoms with van der Waals surface area (Å²) in [6.07, 6.45) is 0. The number of aromatic amines is 1. The van der Waals surface area contributed by atoms with E-state index in [0.29, 0.717) is 61.3 Å². The number of piperazine rings is 1. The van der Waals surface area contributed by atoms with Gasteiger partial charge in [-0.25, -0.2) is 4.79 Å². The summed E-state index contributed by atoms with van der Waals surface area (Å²) in [6, 6.07) is 9.26. The van der Waals surface area contributed by atoms with Crippen LogP contribution in [0.4, 0.5) is 5.95 Å². The minimum atomic E-state index is -0.480. The number of benzene rings is 1. The molecule has 1 saturated heterocycles. The molecule has 1 amide bonds. The molecule has 0 atom stereocenters. The highest BCUT2D eigenvalue weighted by Gasteiger charge is 2.27. The molecule has 1 N–H and O–H groups in total. The van der Waals surface area contributed by atoms with Crippen molar-refractivity contribution in [1.82, 2.24) is 24.0 Å². The van der Waals surface area contributed by atoms with Crippen molar-refractivity contribution in [2.45, 2.75) is 20.4 Å². The zero-order valence-corrected chi connectivity index (χ0v) is 17.5. The topological polar surface area (TPSA) is 96.2 Å². The van der Waals surface area contributed by atoms with E-state index in [1.54, 1.807) is 7.05 Å². The number of nitrogens with one attached hydrogen (secondary N) is 1. The van der Waals surface area contributed by atoms with Crippen LogP contribution in [0.2, 0.25) is 0 Å². The molecule has 30 heavy (non-hydrogen) atoms. The second kappa shape index (κ2) is 7.81. The van der Waals surface area contributed by atoms with Gasteiger partial charge in [0.05, 0.1) is 0 Å². The first-order valence-electron chi connectivity index (χ1n) is 10.2. The van der Waals surface area contributed by atoms with Gasteiger partial charge in [0.2, 0.25) is 5.95 Å². The second-order valence-electron chi connectivity index (χ2n) is 8.05. The fourth-order valence-corrected chi connectivity index (χ4v) is 3.88. The SMILES string of the molecule is CC(C)Cn1c(N2CCN(C(=O)c3ccccc3)CC2)nc2c1c(=O)[nH]c(=O)n2C. The highest BCUT2D eigenvalue weighted by atomic mass is 16.2. The molecule has 0 aliphatic carbocycles. The third-order valence-corrected chi connectivity index (χ3v) is 5.41. The van der Waals surface area contributed by atoms with Crippen LogP contribution in [-0.4, -0.2) is 56.1 Å². The summed E-state index contributed by atoms with van der Waals surface area (Å²) in [4.78, 5) is 48.3. The predicted molar refractivity (Wildman–Crippen MR) is 115 cm³/mol. The van der Waals surface area contributed by atoms with Crippen molar-refractivity contribution in [2.24, 2.45) is 13.0 Å². The van der Waals surface area contributed by atoms with E-state index < -0.39 is 11.2 Å². The molecule has 1 fully saturated rings. The van der Waals surface area contributed by atoms with E-state index in [4.69, 9.17) is 0 Å². The lowest BCUT2D eigenvalue weighted by atomic mass is 10.2. The lowest BCUT2D eigenvalue weighted by Gasteiger charge is -2.35. The molecule has 3 heterocycles. The molecule has 9 nitrogen and oxygen atoms in total. The molecule has 4 rings (SSSR count). The van der Waals surface area contributed by atoms with E-state index >= 15 is 0 Å². The van der Waals surface area contributed by atoms with Crippen LogP contribution in [0, 0.1) is 5.92 Å². The normalized spacial score (nSPS) is 14.7. The van der Waals surface area contributed by atoms with E-state index in [1.807, 2.05) is 39.8 Å². The fraction of sp³-hybridized carbons (Fsp3) is 0.429. The molecule has 9 heteroatoms. The van der Waals surface area contributed by atoms with Crippen molar-refractivity contribution in [3.63, 3.8) is 0 Å². The molecule has 3 aromatic rings. The predicted octanol–water partition coefficient (Wildman–Crippen LogP) is 1.04. The smallest absolute Gasteiger partial charge is 0.329 e. The molecule has 0 unspecified atom stereocenters. The number of aromatic nitrogens is 4. The minimum absolute atomic E-state index is 0.0183. The Labute approximate surface area is 173 Å². The zero-order valence-electron chi connectivity index (χ0n) is 17.5. The van der Waals surface area contributed by atoms with E-state index in [1.165, 1.54) is 4.57 Å². The van der Waals surface area contributed by atoms with E-state index in [9.17, 15) is 14.4 Å². The number of carbonyl (C=O) groups excluding carboxylic acids is 1. The van der Waals surface area contributed by atoms with E-state index in [2.05, 4.69) is 28.7 Å². The van der Waals surface area contributed by atoms with Crippen LogP contribution in [0.3, 0.4) is 0 Å². The average molecular weight is 410 g/mol. The quantitative estimate of drug-likeness (QED) is 0.693. The molecule has 1 aliphatic heterocycles. The number of imidazole rings is 1. The van der Waals surface area contributed by atoms with Gasteiger partial charge in [-0.05, 0) is 18.1 Å². The highest BCUT2D eigenvalue weighted by Crippen LogP contribution is 2.22. The lowest BCUT2D eigenvalue weighted by molar-refractivity contribution is 0.0746. The van der Waals surface area contributed by atoms with Gasteiger partial charge in [0.25, 0.3) is 11.5 Å². The van der Waals surface area contributed by atoms with Crippen molar-refractivity contribution >= 4 is 23.0 Å². The third kappa shape index (κ3) is 3.51. The van der Waals surface area contributed by atoms with Gasteiger partial charge in [0.1, 0.15) is 0 Å². The van der Waals surface area contributed by atoms with Crippen molar-refractivity contribution in [1.29, 1.82) is 0 Å². The highest BCUT2D eigenvalue weighted by molar-refractivity contribution is 5.94. The van der Waals surface area contributed by atoms with Crippen LogP contribution in [-0.2, 0) is 13.6 Å². The van der Waals surface area contributed by atoms with Crippen molar-refractivity contribution in [2.75, 3.05) is 31.1 Å². The third-order valence-electron chi connectivity index (χ3n) is 5.41. The molecule has 0 saturated carbocycles. The monoisotopic (exact) mass is 410 g/mol. The number of aryl methyl sites for hydroxylation is 1. The summed E-state index contributed by atoms with van der Waals surface area (Å²) in [5.41, 5.74) is 0.558. The van der Waals surface area contributed by atoms with Crippen molar-refractivity contribution in [3.8, 4) is 0 Å². The summed E-state index contributed by atoms with van der Waals surface area (Å²) < 4.78 is 3.26. The number of nitrogens with zero attached hydrogens (tertiary/aromatic N) is 5. The number of carbonyl (C=O) groups is 1. The van der Waals surface area contributed by atoms with Crippen LogP contribution < -0.4 is 16.1 Å². The van der Waals surface area contributed by atoms with Crippen LogP contribution in [0.15, 0.2) is 39.9 Å². The number of hydrogen-bond acceptors (Lipinski definition) is 5. The molecule has 2 aromatic heterocycles. The molecular formula is C21H26N6O3. The Morgan fingerprint density at radius 2 is 1.77 bits per heavy atom. The number of anilines is 1. The largest absolute Gasteiger partial charge is 0.339 e. The summed E-state index contributed by atoms with van der Waals surface area (Å²) >= 11 is 0. The molecule has 1 aliphatic rings. The molecule has 0 spiro atoms. The number of H-pyrrole nitrogens is 1. The molecule has 1 aromatic carbocycles. The van der Waals surface area contributed by atoms with Gasteiger partial charge in [0.15, 0.2) is 11.2 Å². The fourth-order valence-electron chi connectivity index (χ4n) is 3.88. The Morgan fingerprint density at radius 3 is 2.40 bits per heavy atom. The molecule has 158 valence electrons. The van der Waals surface area contributed by atoms with Gasteiger partial charge >= 0.3 is 5.69 Å². The van der Waals surface area contributed by atoms with Gasteiger partial charge in [-0.1, -0.05) is 32.0 Å². The first-order chi connectivity index (χ1) is 14.4. The molecule has 0 radical (unpaired) electrons. The summed E-state index contributed by atoms with van der Waals surface area (Å²) in [5, 5.41) is 0. The number of fused-ring (bicyclic) bond motifs is 1.